The lowest BCUT2D eigenvalue weighted by Crippen LogP contribution is -2.02. The Morgan fingerprint density at radius 1 is 1.11 bits per heavy atom. The Balaban J connectivity index is 2.09. The van der Waals surface area contributed by atoms with Gasteiger partial charge in [0.05, 0.1) is 7.11 Å². The molecule has 2 aromatic carbocycles. The minimum Gasteiger partial charge on any atom is -0.496 e. The Morgan fingerprint density at radius 3 is 2.50 bits per heavy atom. The van der Waals surface area contributed by atoms with Crippen LogP contribution in [0.1, 0.15) is 11.1 Å². The van der Waals surface area contributed by atoms with E-state index >= 15 is 0 Å². The molecule has 0 saturated heterocycles. The Morgan fingerprint density at radius 2 is 1.83 bits per heavy atom. The van der Waals surface area contributed by atoms with Gasteiger partial charge in [-0.2, -0.15) is 0 Å². The molecule has 0 aliphatic heterocycles. The fourth-order valence-corrected chi connectivity index (χ4v) is 1.81. The van der Waals surface area contributed by atoms with Gasteiger partial charge in [0, 0.05) is 17.8 Å². The molecule has 1 N–H and O–H groups in total. The smallest absolute Gasteiger partial charge is 0.123 e. The third-order valence-electron chi connectivity index (χ3n) is 2.76. The minimum absolute atomic E-state index is 0.228. The normalized spacial score (nSPS) is 10.2. The van der Waals surface area contributed by atoms with Crippen molar-refractivity contribution < 1.29 is 9.13 Å². The predicted molar refractivity (Wildman–Crippen MR) is 71.5 cm³/mol. The average Bonchev–Trinajstić information content (AvgIpc) is 2.38. The van der Waals surface area contributed by atoms with Gasteiger partial charge in [-0.25, -0.2) is 4.39 Å². The van der Waals surface area contributed by atoms with E-state index in [2.05, 4.69) is 11.4 Å². The Labute approximate surface area is 106 Å². The molecule has 0 atom stereocenters. The number of nitrogens with one attached hydrogen (secondary N) is 1. The fraction of sp³-hybridized carbons (Fsp3) is 0.200. The lowest BCUT2D eigenvalue weighted by atomic mass is 10.1. The summed E-state index contributed by atoms with van der Waals surface area (Å²) in [7, 11) is 1.66. The van der Waals surface area contributed by atoms with Crippen molar-refractivity contribution >= 4 is 5.69 Å². The number of hydrogen-bond donors (Lipinski definition) is 1. The van der Waals surface area contributed by atoms with E-state index in [0.29, 0.717) is 6.54 Å². The van der Waals surface area contributed by atoms with Crippen molar-refractivity contribution in [2.24, 2.45) is 0 Å². The molecule has 3 heteroatoms. The third-order valence-corrected chi connectivity index (χ3v) is 2.76. The van der Waals surface area contributed by atoms with Gasteiger partial charge in [0.25, 0.3) is 0 Å². The quantitative estimate of drug-likeness (QED) is 0.885. The average molecular weight is 245 g/mol. The van der Waals surface area contributed by atoms with Crippen LogP contribution in [0.3, 0.4) is 0 Å². The maximum atomic E-state index is 12.8. The Bertz CT molecular complexity index is 523. The summed E-state index contributed by atoms with van der Waals surface area (Å²) in [4.78, 5) is 0. The second-order valence-corrected chi connectivity index (χ2v) is 4.18. The van der Waals surface area contributed by atoms with Gasteiger partial charge in [-0.1, -0.05) is 17.7 Å². The zero-order valence-electron chi connectivity index (χ0n) is 10.5. The van der Waals surface area contributed by atoms with Crippen LogP contribution in [-0.2, 0) is 6.54 Å². The highest BCUT2D eigenvalue weighted by Gasteiger charge is 2.03. The van der Waals surface area contributed by atoms with Crippen LogP contribution in [0.4, 0.5) is 10.1 Å². The van der Waals surface area contributed by atoms with Gasteiger partial charge in [0.2, 0.25) is 0 Å². The van der Waals surface area contributed by atoms with Gasteiger partial charge in [0.15, 0.2) is 0 Å². The molecule has 94 valence electrons. The van der Waals surface area contributed by atoms with E-state index in [9.17, 15) is 4.39 Å². The molecule has 0 amide bonds. The number of anilines is 1. The van der Waals surface area contributed by atoms with E-state index < -0.39 is 0 Å². The topological polar surface area (TPSA) is 21.3 Å². The van der Waals surface area contributed by atoms with E-state index in [1.54, 1.807) is 19.2 Å². The largest absolute Gasteiger partial charge is 0.496 e. The molecule has 2 rings (SSSR count). The van der Waals surface area contributed by atoms with Crippen LogP contribution in [0.15, 0.2) is 42.5 Å². The van der Waals surface area contributed by atoms with Crippen LogP contribution >= 0.6 is 0 Å². The fourth-order valence-electron chi connectivity index (χ4n) is 1.81. The van der Waals surface area contributed by atoms with Crippen LogP contribution in [-0.4, -0.2) is 7.11 Å². The Hall–Kier alpha value is -2.03. The molecule has 0 saturated carbocycles. The van der Waals surface area contributed by atoms with Crippen molar-refractivity contribution in [1.29, 1.82) is 0 Å². The van der Waals surface area contributed by atoms with E-state index in [0.717, 1.165) is 17.0 Å². The molecule has 0 spiro atoms. The predicted octanol–water partition coefficient (Wildman–Crippen LogP) is 3.75. The van der Waals surface area contributed by atoms with Crippen molar-refractivity contribution in [3.05, 3.63) is 59.4 Å². The van der Waals surface area contributed by atoms with Gasteiger partial charge < -0.3 is 10.1 Å². The molecule has 0 aliphatic rings. The summed E-state index contributed by atoms with van der Waals surface area (Å²) in [6.07, 6.45) is 0. The second-order valence-electron chi connectivity index (χ2n) is 4.18. The molecule has 0 unspecified atom stereocenters. The first kappa shape index (κ1) is 12.4. The summed E-state index contributed by atoms with van der Waals surface area (Å²) in [5.74, 6) is 0.629. The summed E-state index contributed by atoms with van der Waals surface area (Å²) in [6, 6.07) is 12.4. The van der Waals surface area contributed by atoms with Crippen molar-refractivity contribution in [2.75, 3.05) is 12.4 Å². The first-order chi connectivity index (χ1) is 8.69. The van der Waals surface area contributed by atoms with Crippen LogP contribution in [0.5, 0.6) is 5.75 Å². The van der Waals surface area contributed by atoms with Gasteiger partial charge in [0.1, 0.15) is 11.6 Å². The molecule has 0 aromatic heterocycles. The highest BCUT2D eigenvalue weighted by atomic mass is 19.1. The summed E-state index contributed by atoms with van der Waals surface area (Å²) in [5, 5.41) is 3.24. The number of hydrogen-bond acceptors (Lipinski definition) is 2. The minimum atomic E-state index is -0.228. The van der Waals surface area contributed by atoms with E-state index in [4.69, 9.17) is 4.74 Å². The van der Waals surface area contributed by atoms with Crippen LogP contribution in [0.2, 0.25) is 0 Å². The molecular formula is C15H16FNO. The van der Waals surface area contributed by atoms with Gasteiger partial charge >= 0.3 is 0 Å². The lowest BCUT2D eigenvalue weighted by Gasteiger charge is -2.11. The summed E-state index contributed by atoms with van der Waals surface area (Å²) < 4.78 is 18.1. The van der Waals surface area contributed by atoms with Crippen LogP contribution in [0.25, 0.3) is 0 Å². The molecule has 18 heavy (non-hydrogen) atoms. The number of halogens is 1. The molecule has 0 heterocycles. The molecule has 0 bridgehead atoms. The van der Waals surface area contributed by atoms with E-state index in [-0.39, 0.29) is 5.82 Å². The zero-order valence-corrected chi connectivity index (χ0v) is 10.5. The standard InChI is InChI=1S/C15H16FNO/c1-11-3-8-15(18-2)12(9-11)10-17-14-6-4-13(16)5-7-14/h3-9,17H,10H2,1-2H3. The lowest BCUT2D eigenvalue weighted by molar-refractivity contribution is 0.410. The molecule has 2 aromatic rings. The number of aryl methyl sites for hydroxylation is 1. The second kappa shape index (κ2) is 5.54. The van der Waals surface area contributed by atoms with Crippen LogP contribution < -0.4 is 10.1 Å². The summed E-state index contributed by atoms with van der Waals surface area (Å²) in [5.41, 5.74) is 3.16. The highest BCUT2D eigenvalue weighted by Crippen LogP contribution is 2.21. The maximum absolute atomic E-state index is 12.8. The van der Waals surface area contributed by atoms with Crippen molar-refractivity contribution in [3.63, 3.8) is 0 Å². The first-order valence-corrected chi connectivity index (χ1v) is 5.82. The monoisotopic (exact) mass is 245 g/mol. The third kappa shape index (κ3) is 3.00. The van der Waals surface area contributed by atoms with Crippen molar-refractivity contribution in [1.82, 2.24) is 0 Å². The zero-order chi connectivity index (χ0) is 13.0. The molecular weight excluding hydrogens is 229 g/mol. The number of ether oxygens (including phenoxy) is 1. The number of benzene rings is 2. The summed E-state index contributed by atoms with van der Waals surface area (Å²) in [6.45, 7) is 2.69. The van der Waals surface area contributed by atoms with Gasteiger partial charge in [-0.3, -0.25) is 0 Å². The van der Waals surface area contributed by atoms with E-state index in [1.807, 2.05) is 19.1 Å². The summed E-state index contributed by atoms with van der Waals surface area (Å²) >= 11 is 0. The number of methoxy groups -OCH3 is 1. The SMILES string of the molecule is COc1ccc(C)cc1CNc1ccc(F)cc1. The molecule has 0 radical (unpaired) electrons. The molecule has 2 nitrogen and oxygen atoms in total. The number of rotatable bonds is 4. The van der Waals surface area contributed by atoms with Crippen LogP contribution in [0, 0.1) is 12.7 Å². The van der Waals surface area contributed by atoms with E-state index in [1.165, 1.54) is 17.7 Å². The van der Waals surface area contributed by atoms with Gasteiger partial charge in [-0.05, 0) is 37.3 Å². The van der Waals surface area contributed by atoms with Gasteiger partial charge in [-0.15, -0.1) is 0 Å². The maximum Gasteiger partial charge on any atom is 0.123 e. The van der Waals surface area contributed by atoms with Crippen molar-refractivity contribution in [3.8, 4) is 5.75 Å². The molecule has 0 aliphatic carbocycles. The van der Waals surface area contributed by atoms with Crippen molar-refractivity contribution in [2.45, 2.75) is 13.5 Å². The molecule has 0 fully saturated rings. The highest BCUT2D eigenvalue weighted by molar-refractivity contribution is 5.45. The first-order valence-electron chi connectivity index (χ1n) is 5.82. The Kier molecular flexibility index (Phi) is 3.82.